The monoisotopic (exact) mass is 404 g/mol. The predicted octanol–water partition coefficient (Wildman–Crippen LogP) is 4.35. The van der Waals surface area contributed by atoms with Gasteiger partial charge in [0.2, 0.25) is 11.6 Å². The van der Waals surface area contributed by atoms with Gasteiger partial charge in [-0.05, 0) is 36.5 Å². The van der Waals surface area contributed by atoms with Crippen LogP contribution in [0, 0.1) is 16.0 Å². The lowest BCUT2D eigenvalue weighted by Gasteiger charge is -2.32. The first-order valence-corrected chi connectivity index (χ1v) is 10.1. The van der Waals surface area contributed by atoms with Crippen LogP contribution in [0.25, 0.3) is 0 Å². The number of piperidine rings is 1. The lowest BCUT2D eigenvalue weighted by Crippen LogP contribution is -2.35. The zero-order valence-electron chi connectivity index (χ0n) is 16.9. The first-order chi connectivity index (χ1) is 14.6. The summed E-state index contributed by atoms with van der Waals surface area (Å²) < 4.78 is 0. The Morgan fingerprint density at radius 1 is 1.13 bits per heavy atom. The number of hydrogen-bond donors (Lipinski definition) is 0. The van der Waals surface area contributed by atoms with Gasteiger partial charge in [-0.1, -0.05) is 43.3 Å². The van der Waals surface area contributed by atoms with Crippen molar-refractivity contribution < 1.29 is 4.92 Å². The Hall–Kier alpha value is -3.55. The Morgan fingerprint density at radius 2 is 1.93 bits per heavy atom. The highest BCUT2D eigenvalue weighted by molar-refractivity contribution is 5.75. The summed E-state index contributed by atoms with van der Waals surface area (Å²) in [6.07, 6.45) is 5.20. The van der Waals surface area contributed by atoms with Crippen molar-refractivity contribution in [3.8, 4) is 0 Å². The van der Waals surface area contributed by atoms with E-state index in [9.17, 15) is 10.1 Å². The summed E-state index contributed by atoms with van der Waals surface area (Å²) in [4.78, 5) is 28.7. The topological polar surface area (TPSA) is 88.3 Å². The molecule has 1 saturated heterocycles. The molecule has 1 aromatic carbocycles. The quantitative estimate of drug-likeness (QED) is 0.446. The van der Waals surface area contributed by atoms with Crippen LogP contribution >= 0.6 is 0 Å². The third-order valence-corrected chi connectivity index (χ3v) is 5.29. The molecule has 2 aromatic heterocycles. The van der Waals surface area contributed by atoms with Gasteiger partial charge in [-0.15, -0.1) is 0 Å². The number of nitrogens with zero attached hydrogens (tertiary/aromatic N) is 6. The zero-order chi connectivity index (χ0) is 20.9. The second-order valence-electron chi connectivity index (χ2n) is 7.58. The zero-order valence-corrected chi connectivity index (χ0v) is 16.9. The molecule has 8 nitrogen and oxygen atoms in total. The van der Waals surface area contributed by atoms with E-state index < -0.39 is 0 Å². The van der Waals surface area contributed by atoms with E-state index in [1.165, 1.54) is 6.33 Å². The summed E-state index contributed by atoms with van der Waals surface area (Å²) >= 11 is 0. The fraction of sp³-hybridized carbons (Fsp3) is 0.318. The second-order valence-corrected chi connectivity index (χ2v) is 7.58. The fourth-order valence-electron chi connectivity index (χ4n) is 3.88. The van der Waals surface area contributed by atoms with Crippen molar-refractivity contribution in [1.82, 2.24) is 15.0 Å². The van der Waals surface area contributed by atoms with Crippen molar-refractivity contribution in [3.63, 3.8) is 0 Å². The SMILES string of the molecule is CC1CCCN(c2ncnc(N(Cc3ccccc3)c3ccccn3)c2[N+](=O)[O-])C1. The molecule has 1 aliphatic rings. The predicted molar refractivity (Wildman–Crippen MR) is 116 cm³/mol. The molecular formula is C22H24N6O2. The summed E-state index contributed by atoms with van der Waals surface area (Å²) in [5.41, 5.74) is 0.928. The lowest BCUT2D eigenvalue weighted by atomic mass is 10.0. The second kappa shape index (κ2) is 8.86. The molecule has 154 valence electrons. The highest BCUT2D eigenvalue weighted by Crippen LogP contribution is 2.38. The molecule has 1 unspecified atom stereocenters. The van der Waals surface area contributed by atoms with Gasteiger partial charge in [0, 0.05) is 19.3 Å². The number of aromatic nitrogens is 3. The Bertz CT molecular complexity index is 999. The van der Waals surface area contributed by atoms with E-state index in [0.29, 0.717) is 24.1 Å². The summed E-state index contributed by atoms with van der Waals surface area (Å²) in [7, 11) is 0. The summed E-state index contributed by atoms with van der Waals surface area (Å²) in [5.74, 6) is 1.70. The van der Waals surface area contributed by atoms with Gasteiger partial charge < -0.3 is 9.80 Å². The molecule has 1 atom stereocenters. The number of rotatable bonds is 6. The van der Waals surface area contributed by atoms with E-state index in [1.807, 2.05) is 53.4 Å². The minimum absolute atomic E-state index is 0.0758. The lowest BCUT2D eigenvalue weighted by molar-refractivity contribution is -0.383. The van der Waals surface area contributed by atoms with Crippen molar-refractivity contribution in [2.24, 2.45) is 5.92 Å². The molecule has 0 radical (unpaired) electrons. The maximum absolute atomic E-state index is 12.2. The molecule has 3 aromatic rings. The van der Waals surface area contributed by atoms with Gasteiger partial charge in [-0.3, -0.25) is 10.1 Å². The van der Waals surface area contributed by atoms with E-state index in [1.54, 1.807) is 11.1 Å². The normalized spacial score (nSPS) is 16.3. The Morgan fingerprint density at radius 3 is 2.63 bits per heavy atom. The van der Waals surface area contributed by atoms with Crippen LogP contribution in [0.4, 0.5) is 23.1 Å². The van der Waals surface area contributed by atoms with Crippen molar-refractivity contribution in [3.05, 3.63) is 76.7 Å². The molecule has 0 N–H and O–H groups in total. The largest absolute Gasteiger partial charge is 0.354 e. The van der Waals surface area contributed by atoms with Crippen molar-refractivity contribution in [1.29, 1.82) is 0 Å². The summed E-state index contributed by atoms with van der Waals surface area (Å²) in [6, 6.07) is 15.3. The van der Waals surface area contributed by atoms with Gasteiger partial charge in [0.25, 0.3) is 0 Å². The van der Waals surface area contributed by atoms with E-state index in [2.05, 4.69) is 21.9 Å². The van der Waals surface area contributed by atoms with E-state index >= 15 is 0 Å². The van der Waals surface area contributed by atoms with E-state index in [4.69, 9.17) is 0 Å². The van der Waals surface area contributed by atoms with Crippen molar-refractivity contribution in [2.45, 2.75) is 26.3 Å². The number of pyridine rings is 1. The summed E-state index contributed by atoms with van der Waals surface area (Å²) in [6.45, 7) is 4.07. The highest BCUT2D eigenvalue weighted by Gasteiger charge is 2.32. The third kappa shape index (κ3) is 4.22. The maximum Gasteiger partial charge on any atom is 0.354 e. The molecule has 0 amide bonds. The minimum atomic E-state index is -0.370. The first kappa shape index (κ1) is 19.8. The molecule has 0 bridgehead atoms. The third-order valence-electron chi connectivity index (χ3n) is 5.29. The average Bonchev–Trinajstić information content (AvgIpc) is 2.78. The van der Waals surface area contributed by atoms with Gasteiger partial charge in [0.05, 0.1) is 11.5 Å². The molecule has 1 aliphatic heterocycles. The molecule has 4 rings (SSSR count). The fourth-order valence-corrected chi connectivity index (χ4v) is 3.88. The standard InChI is InChI=1S/C22H24N6O2/c1-17-8-7-13-26(14-17)21-20(28(29)30)22(25-16-24-21)27(19-11-5-6-12-23-19)15-18-9-3-2-4-10-18/h2-6,9-12,16-17H,7-8,13-15H2,1H3. The van der Waals surface area contributed by atoms with Crippen LogP contribution < -0.4 is 9.80 Å². The van der Waals surface area contributed by atoms with Gasteiger partial charge in [0.1, 0.15) is 12.1 Å². The number of benzene rings is 1. The average molecular weight is 404 g/mol. The number of nitro groups is 1. The van der Waals surface area contributed by atoms with Crippen LogP contribution in [0.3, 0.4) is 0 Å². The van der Waals surface area contributed by atoms with E-state index in [0.717, 1.165) is 31.5 Å². The summed E-state index contributed by atoms with van der Waals surface area (Å²) in [5, 5.41) is 12.2. The Labute approximate surface area is 175 Å². The van der Waals surface area contributed by atoms with Crippen LogP contribution in [0.2, 0.25) is 0 Å². The van der Waals surface area contributed by atoms with Crippen molar-refractivity contribution in [2.75, 3.05) is 22.9 Å². The molecule has 30 heavy (non-hydrogen) atoms. The van der Waals surface area contributed by atoms with Crippen LogP contribution in [0.5, 0.6) is 0 Å². The van der Waals surface area contributed by atoms with Gasteiger partial charge in [0.15, 0.2) is 0 Å². The smallest absolute Gasteiger partial charge is 0.350 e. The van der Waals surface area contributed by atoms with Gasteiger partial charge in [-0.2, -0.15) is 0 Å². The van der Waals surface area contributed by atoms with E-state index in [-0.39, 0.29) is 16.4 Å². The number of anilines is 3. The van der Waals surface area contributed by atoms with Crippen molar-refractivity contribution >= 4 is 23.1 Å². The molecular weight excluding hydrogens is 380 g/mol. The molecule has 0 saturated carbocycles. The number of hydrogen-bond acceptors (Lipinski definition) is 7. The Kier molecular flexibility index (Phi) is 5.83. The maximum atomic E-state index is 12.2. The molecule has 0 spiro atoms. The Balaban J connectivity index is 1.82. The molecule has 8 heteroatoms. The van der Waals surface area contributed by atoms with Crippen LogP contribution in [0.1, 0.15) is 25.3 Å². The molecule has 0 aliphatic carbocycles. The minimum Gasteiger partial charge on any atom is -0.350 e. The van der Waals surface area contributed by atoms with Crippen LogP contribution in [-0.4, -0.2) is 33.0 Å². The highest BCUT2D eigenvalue weighted by atomic mass is 16.6. The van der Waals surface area contributed by atoms with Crippen LogP contribution in [0.15, 0.2) is 61.1 Å². The van der Waals surface area contributed by atoms with Crippen LogP contribution in [-0.2, 0) is 6.54 Å². The molecule has 1 fully saturated rings. The van der Waals surface area contributed by atoms with Gasteiger partial charge >= 0.3 is 5.69 Å². The van der Waals surface area contributed by atoms with Gasteiger partial charge in [-0.25, -0.2) is 15.0 Å². The first-order valence-electron chi connectivity index (χ1n) is 10.1. The molecule has 3 heterocycles.